The SMILES string of the molecule is CCc1ccc([C@@H]2C(=O)[C@H]3Cc4c([nH]c5ccccc45)[C@@H](c4ccccc4)N3C2=S)cc1. The number of nitrogens with zero attached hydrogens (tertiary/aromatic N) is 1. The molecule has 0 spiro atoms. The Hall–Kier alpha value is -3.24. The minimum Gasteiger partial charge on any atom is -0.356 e. The van der Waals surface area contributed by atoms with Crippen molar-refractivity contribution in [2.24, 2.45) is 0 Å². The Morgan fingerprint density at radius 3 is 2.41 bits per heavy atom. The van der Waals surface area contributed by atoms with Gasteiger partial charge in [0, 0.05) is 23.0 Å². The lowest BCUT2D eigenvalue weighted by Gasteiger charge is -2.38. The van der Waals surface area contributed by atoms with Crippen molar-refractivity contribution in [1.82, 2.24) is 9.88 Å². The zero-order chi connectivity index (χ0) is 21.8. The highest BCUT2D eigenvalue weighted by Gasteiger charge is 2.51. The summed E-state index contributed by atoms with van der Waals surface area (Å²) in [6.07, 6.45) is 1.67. The first kappa shape index (κ1) is 19.4. The Balaban J connectivity index is 1.51. The van der Waals surface area contributed by atoms with Crippen LogP contribution in [-0.2, 0) is 17.6 Å². The van der Waals surface area contributed by atoms with E-state index in [1.165, 1.54) is 16.5 Å². The van der Waals surface area contributed by atoms with Crippen LogP contribution in [0.2, 0.25) is 0 Å². The van der Waals surface area contributed by atoms with E-state index in [2.05, 4.69) is 89.6 Å². The molecule has 0 unspecified atom stereocenters. The molecule has 1 saturated heterocycles. The number of hydrogen-bond acceptors (Lipinski definition) is 2. The maximum absolute atomic E-state index is 13.8. The first-order chi connectivity index (χ1) is 15.7. The molecule has 1 fully saturated rings. The monoisotopic (exact) mass is 436 g/mol. The van der Waals surface area contributed by atoms with Crippen molar-refractivity contribution >= 4 is 33.9 Å². The van der Waals surface area contributed by atoms with Gasteiger partial charge in [0.15, 0.2) is 5.78 Å². The van der Waals surface area contributed by atoms with E-state index >= 15 is 0 Å². The largest absolute Gasteiger partial charge is 0.356 e. The van der Waals surface area contributed by atoms with Gasteiger partial charge < -0.3 is 9.88 Å². The number of rotatable bonds is 3. The van der Waals surface area contributed by atoms with E-state index in [1.807, 2.05) is 6.07 Å². The highest BCUT2D eigenvalue weighted by Crippen LogP contribution is 2.47. The molecule has 0 aliphatic carbocycles. The van der Waals surface area contributed by atoms with E-state index in [-0.39, 0.29) is 23.8 Å². The highest BCUT2D eigenvalue weighted by molar-refractivity contribution is 7.80. The third-order valence-electron chi connectivity index (χ3n) is 7.08. The number of ketones is 1. The summed E-state index contributed by atoms with van der Waals surface area (Å²) in [6.45, 7) is 2.14. The van der Waals surface area contributed by atoms with Crippen molar-refractivity contribution in [2.75, 3.05) is 0 Å². The van der Waals surface area contributed by atoms with Crippen LogP contribution in [0.25, 0.3) is 10.9 Å². The Labute approximate surface area is 193 Å². The zero-order valence-electron chi connectivity index (χ0n) is 17.9. The maximum Gasteiger partial charge on any atom is 0.169 e. The van der Waals surface area contributed by atoms with Crippen molar-refractivity contribution in [2.45, 2.75) is 37.8 Å². The third kappa shape index (κ3) is 2.79. The normalized spacial score (nSPS) is 22.3. The summed E-state index contributed by atoms with van der Waals surface area (Å²) in [5.74, 6) is -0.140. The zero-order valence-corrected chi connectivity index (χ0v) is 18.7. The Kier molecular flexibility index (Phi) is 4.51. The Bertz CT molecular complexity index is 1340. The van der Waals surface area contributed by atoms with Crippen molar-refractivity contribution in [3.8, 4) is 0 Å². The van der Waals surface area contributed by atoms with Gasteiger partial charge in [0.25, 0.3) is 0 Å². The van der Waals surface area contributed by atoms with Crippen molar-refractivity contribution < 1.29 is 4.79 Å². The molecule has 4 heteroatoms. The molecule has 2 aliphatic heterocycles. The van der Waals surface area contributed by atoms with Crippen LogP contribution in [0.15, 0.2) is 78.9 Å². The summed E-state index contributed by atoms with van der Waals surface area (Å²) in [7, 11) is 0. The van der Waals surface area contributed by atoms with Gasteiger partial charge in [-0.05, 0) is 34.7 Å². The molecule has 1 aromatic heterocycles. The molecule has 0 amide bonds. The van der Waals surface area contributed by atoms with E-state index in [1.54, 1.807) is 0 Å². The molecule has 3 nitrogen and oxygen atoms in total. The van der Waals surface area contributed by atoms with Gasteiger partial charge in [-0.2, -0.15) is 0 Å². The highest BCUT2D eigenvalue weighted by atomic mass is 32.1. The number of nitrogens with one attached hydrogen (secondary N) is 1. The predicted molar refractivity (Wildman–Crippen MR) is 132 cm³/mol. The second kappa shape index (κ2) is 7.42. The number of aromatic amines is 1. The molecule has 1 N–H and O–H groups in total. The van der Waals surface area contributed by atoms with Gasteiger partial charge in [0.2, 0.25) is 0 Å². The smallest absolute Gasteiger partial charge is 0.169 e. The van der Waals surface area contributed by atoms with E-state index in [0.717, 1.165) is 33.7 Å². The maximum atomic E-state index is 13.8. The van der Waals surface area contributed by atoms with E-state index in [9.17, 15) is 4.79 Å². The van der Waals surface area contributed by atoms with Crippen LogP contribution in [0.3, 0.4) is 0 Å². The summed E-state index contributed by atoms with van der Waals surface area (Å²) >= 11 is 6.04. The van der Waals surface area contributed by atoms with Gasteiger partial charge in [0.05, 0.1) is 23.0 Å². The van der Waals surface area contributed by atoms with Gasteiger partial charge in [-0.15, -0.1) is 0 Å². The number of aromatic nitrogens is 1. The minimum atomic E-state index is -0.359. The molecule has 6 rings (SSSR count). The Morgan fingerprint density at radius 1 is 0.938 bits per heavy atom. The van der Waals surface area contributed by atoms with Crippen LogP contribution < -0.4 is 0 Å². The second-order valence-electron chi connectivity index (χ2n) is 8.77. The number of Topliss-reactive ketones (excluding diaryl/α,β-unsaturated/α-hetero) is 1. The van der Waals surface area contributed by atoms with Crippen molar-refractivity contribution in [1.29, 1.82) is 0 Å². The molecule has 32 heavy (non-hydrogen) atoms. The lowest BCUT2D eigenvalue weighted by atomic mass is 9.87. The van der Waals surface area contributed by atoms with Gasteiger partial charge in [-0.1, -0.05) is 91.9 Å². The predicted octanol–water partition coefficient (Wildman–Crippen LogP) is 5.74. The molecule has 3 aromatic carbocycles. The van der Waals surface area contributed by atoms with Gasteiger partial charge in [-0.25, -0.2) is 0 Å². The number of H-pyrrole nitrogens is 1. The van der Waals surface area contributed by atoms with Gasteiger partial charge in [-0.3, -0.25) is 4.79 Å². The van der Waals surface area contributed by atoms with E-state index < -0.39 is 0 Å². The van der Waals surface area contributed by atoms with Crippen LogP contribution in [0, 0.1) is 0 Å². The van der Waals surface area contributed by atoms with Crippen molar-refractivity contribution in [3.05, 3.63) is 107 Å². The molecule has 2 aliphatic rings. The average Bonchev–Trinajstić information content (AvgIpc) is 3.33. The van der Waals surface area contributed by atoms with Crippen molar-refractivity contribution in [3.63, 3.8) is 0 Å². The molecule has 0 radical (unpaired) electrons. The molecule has 0 saturated carbocycles. The summed E-state index contributed by atoms with van der Waals surface area (Å²) in [5.41, 5.74) is 6.95. The quantitative estimate of drug-likeness (QED) is 0.416. The molecule has 3 atom stereocenters. The number of hydrogen-bond donors (Lipinski definition) is 1. The second-order valence-corrected chi connectivity index (χ2v) is 9.19. The first-order valence-corrected chi connectivity index (χ1v) is 11.7. The average molecular weight is 437 g/mol. The molecule has 158 valence electrons. The topological polar surface area (TPSA) is 36.1 Å². The molecule has 4 aromatic rings. The summed E-state index contributed by atoms with van der Waals surface area (Å²) in [6, 6.07) is 26.9. The van der Waals surface area contributed by atoms with Gasteiger partial charge in [0.1, 0.15) is 0 Å². The molecule has 0 bridgehead atoms. The molecular weight excluding hydrogens is 412 g/mol. The minimum absolute atomic E-state index is 0.0892. The number of carbonyl (C=O) groups is 1. The fraction of sp³-hybridized carbons (Fsp3) is 0.214. The number of carbonyl (C=O) groups excluding carboxylic acids is 1. The fourth-order valence-corrected chi connectivity index (χ4v) is 5.97. The Morgan fingerprint density at radius 2 is 1.66 bits per heavy atom. The van der Waals surface area contributed by atoms with Crippen LogP contribution in [0.4, 0.5) is 0 Å². The summed E-state index contributed by atoms with van der Waals surface area (Å²) in [5, 5.41) is 1.21. The lowest BCUT2D eigenvalue weighted by Crippen LogP contribution is -2.43. The fourth-order valence-electron chi connectivity index (χ4n) is 5.48. The number of thiocarbonyl (C=S) groups is 1. The first-order valence-electron chi connectivity index (χ1n) is 11.3. The number of fused-ring (bicyclic) bond motifs is 4. The van der Waals surface area contributed by atoms with Gasteiger partial charge >= 0.3 is 0 Å². The summed E-state index contributed by atoms with van der Waals surface area (Å²) in [4.78, 5) is 20.4. The van der Waals surface area contributed by atoms with Crippen LogP contribution in [-0.4, -0.2) is 26.7 Å². The van der Waals surface area contributed by atoms with E-state index in [0.29, 0.717) is 6.42 Å². The van der Waals surface area contributed by atoms with Crippen LogP contribution in [0.5, 0.6) is 0 Å². The van der Waals surface area contributed by atoms with Crippen LogP contribution >= 0.6 is 12.2 Å². The third-order valence-corrected chi connectivity index (χ3v) is 7.53. The van der Waals surface area contributed by atoms with Crippen LogP contribution in [0.1, 0.15) is 46.8 Å². The number of para-hydroxylation sites is 1. The number of aryl methyl sites for hydroxylation is 1. The lowest BCUT2D eigenvalue weighted by molar-refractivity contribution is -0.121. The molecular formula is C28H24N2OS. The van der Waals surface area contributed by atoms with E-state index in [4.69, 9.17) is 12.2 Å². The molecule has 3 heterocycles. The number of benzene rings is 3. The summed E-state index contributed by atoms with van der Waals surface area (Å²) < 4.78 is 0. The standard InChI is InChI=1S/C28H24N2OS/c1-2-17-12-14-18(15-13-17)24-27(31)23-16-21-20-10-6-7-11-22(20)29-25(21)26(30(23)28(24)32)19-8-4-3-5-9-19/h3-15,23-24,26,29H,2,16H2,1H3/t23-,24-,26-/m1/s1.